The molecular formula is C3F3IN2O. The van der Waals surface area contributed by atoms with Crippen molar-refractivity contribution in [1.29, 1.82) is 0 Å². The van der Waals surface area contributed by atoms with Gasteiger partial charge in [-0.05, 0) is 0 Å². The van der Waals surface area contributed by atoms with Gasteiger partial charge in [0, 0.05) is 22.6 Å². The van der Waals surface area contributed by atoms with E-state index in [1.807, 2.05) is 0 Å². The summed E-state index contributed by atoms with van der Waals surface area (Å²) < 4.78 is 38.8. The molecule has 0 aliphatic rings. The van der Waals surface area contributed by atoms with Crippen LogP contribution in [0.25, 0.3) is 0 Å². The third-order valence-corrected chi connectivity index (χ3v) is 1.08. The summed E-state index contributed by atoms with van der Waals surface area (Å²) in [7, 11) is 0. The highest BCUT2D eigenvalue weighted by Crippen LogP contribution is 2.27. The van der Waals surface area contributed by atoms with Crippen LogP contribution in [0.1, 0.15) is 5.89 Å². The predicted molar refractivity (Wildman–Crippen MR) is 32.0 cm³/mol. The van der Waals surface area contributed by atoms with E-state index in [9.17, 15) is 13.2 Å². The molecule has 56 valence electrons. The average Bonchev–Trinajstić information content (AvgIpc) is 2.11. The van der Waals surface area contributed by atoms with Gasteiger partial charge in [0.25, 0.3) is 3.90 Å². The summed E-state index contributed by atoms with van der Waals surface area (Å²) in [5.41, 5.74) is 0. The van der Waals surface area contributed by atoms with Crippen molar-refractivity contribution in [3.8, 4) is 0 Å². The van der Waals surface area contributed by atoms with Gasteiger partial charge in [0.15, 0.2) is 0 Å². The van der Waals surface area contributed by atoms with E-state index in [1.54, 1.807) is 0 Å². The van der Waals surface area contributed by atoms with Gasteiger partial charge in [-0.1, -0.05) is 0 Å². The van der Waals surface area contributed by atoms with E-state index >= 15 is 0 Å². The normalized spacial score (nSPS) is 12.0. The van der Waals surface area contributed by atoms with Gasteiger partial charge in [-0.2, -0.15) is 13.2 Å². The van der Waals surface area contributed by atoms with Crippen LogP contribution in [0.15, 0.2) is 4.42 Å². The van der Waals surface area contributed by atoms with E-state index in [0.717, 1.165) is 0 Å². The average molecular weight is 264 g/mol. The van der Waals surface area contributed by atoms with Crippen LogP contribution in [0.5, 0.6) is 0 Å². The minimum atomic E-state index is -4.53. The summed E-state index contributed by atoms with van der Waals surface area (Å²) in [5, 5.41) is 5.77. The Balaban J connectivity index is 2.96. The van der Waals surface area contributed by atoms with Crippen LogP contribution in [0, 0.1) is 3.90 Å². The van der Waals surface area contributed by atoms with E-state index in [-0.39, 0.29) is 3.90 Å². The number of nitrogens with zero attached hydrogens (tertiary/aromatic N) is 2. The summed E-state index contributed by atoms with van der Waals surface area (Å²) in [6.07, 6.45) is -4.53. The first kappa shape index (κ1) is 7.76. The van der Waals surface area contributed by atoms with Crippen LogP contribution >= 0.6 is 22.6 Å². The van der Waals surface area contributed by atoms with Gasteiger partial charge in [0.2, 0.25) is 0 Å². The van der Waals surface area contributed by atoms with E-state index in [4.69, 9.17) is 0 Å². The molecule has 1 aromatic heterocycles. The van der Waals surface area contributed by atoms with E-state index in [0.29, 0.717) is 0 Å². The highest BCUT2D eigenvalue weighted by atomic mass is 127. The van der Waals surface area contributed by atoms with E-state index in [2.05, 4.69) is 14.6 Å². The molecule has 0 bridgehead atoms. The van der Waals surface area contributed by atoms with Crippen LogP contribution in [-0.2, 0) is 6.18 Å². The summed E-state index contributed by atoms with van der Waals surface area (Å²) in [6, 6.07) is 0. The van der Waals surface area contributed by atoms with Crippen LogP contribution < -0.4 is 0 Å². The largest absolute Gasteiger partial charge is 0.470 e. The molecule has 1 heterocycles. The van der Waals surface area contributed by atoms with Gasteiger partial charge < -0.3 is 4.42 Å². The molecule has 1 aromatic rings. The smallest absolute Gasteiger partial charge is 0.408 e. The van der Waals surface area contributed by atoms with Crippen LogP contribution in [0.3, 0.4) is 0 Å². The number of halogens is 4. The molecule has 0 aromatic carbocycles. The first-order valence-electron chi connectivity index (χ1n) is 2.06. The van der Waals surface area contributed by atoms with Crippen molar-refractivity contribution in [1.82, 2.24) is 10.2 Å². The molecule has 0 fully saturated rings. The Bertz CT molecular complexity index is 232. The first-order chi connectivity index (χ1) is 4.50. The second-order valence-corrected chi connectivity index (χ2v) is 2.28. The third kappa shape index (κ3) is 1.58. The maximum atomic E-state index is 11.6. The Morgan fingerprint density at radius 2 is 1.90 bits per heavy atom. The lowest BCUT2D eigenvalue weighted by Gasteiger charge is -1.95. The topological polar surface area (TPSA) is 38.9 Å². The van der Waals surface area contributed by atoms with Crippen LogP contribution in [-0.4, -0.2) is 10.2 Å². The lowest BCUT2D eigenvalue weighted by atomic mass is 10.7. The van der Waals surface area contributed by atoms with Gasteiger partial charge in [-0.15, -0.1) is 10.2 Å². The molecule has 0 aliphatic heterocycles. The molecule has 0 saturated heterocycles. The fraction of sp³-hybridized carbons (Fsp3) is 0.333. The SMILES string of the molecule is FC(F)(F)c1nnc(I)o1. The maximum Gasteiger partial charge on any atom is 0.470 e. The molecule has 0 aliphatic carbocycles. The van der Waals surface area contributed by atoms with Crippen molar-refractivity contribution in [3.05, 3.63) is 9.79 Å². The number of hydrogen-bond donors (Lipinski definition) is 0. The minimum absolute atomic E-state index is 0.120. The number of rotatable bonds is 0. The van der Waals surface area contributed by atoms with Gasteiger partial charge in [-0.25, -0.2) is 0 Å². The molecule has 0 amide bonds. The molecule has 7 heteroatoms. The van der Waals surface area contributed by atoms with Crippen LogP contribution in [0.2, 0.25) is 0 Å². The molecule has 0 unspecified atom stereocenters. The molecule has 0 saturated carbocycles. The highest BCUT2D eigenvalue weighted by molar-refractivity contribution is 14.1. The maximum absolute atomic E-state index is 11.6. The predicted octanol–water partition coefficient (Wildman–Crippen LogP) is 1.69. The molecule has 10 heavy (non-hydrogen) atoms. The fourth-order valence-electron chi connectivity index (χ4n) is 0.320. The number of hydrogen-bond acceptors (Lipinski definition) is 3. The van der Waals surface area contributed by atoms with Crippen molar-refractivity contribution >= 4 is 22.6 Å². The number of alkyl halides is 3. The van der Waals surface area contributed by atoms with E-state index < -0.39 is 12.1 Å². The zero-order valence-corrected chi connectivity index (χ0v) is 6.47. The second-order valence-electron chi connectivity index (χ2n) is 1.36. The summed E-state index contributed by atoms with van der Waals surface area (Å²) in [6.45, 7) is 0. The lowest BCUT2D eigenvalue weighted by Crippen LogP contribution is -2.04. The van der Waals surface area contributed by atoms with Crippen LogP contribution in [0.4, 0.5) is 13.2 Å². The molecule has 0 N–H and O–H groups in total. The molecule has 0 atom stereocenters. The van der Waals surface area contributed by atoms with Gasteiger partial charge in [0.05, 0.1) is 0 Å². The van der Waals surface area contributed by atoms with Gasteiger partial charge in [-0.3, -0.25) is 0 Å². The Morgan fingerprint density at radius 1 is 1.30 bits per heavy atom. The summed E-state index contributed by atoms with van der Waals surface area (Å²) in [4.78, 5) is 0. The lowest BCUT2D eigenvalue weighted by molar-refractivity contribution is -0.157. The standard InChI is InChI=1S/C3F3IN2O/c4-3(5,6)1-8-9-2(7)10-1. The molecule has 1 rings (SSSR count). The Kier molecular flexibility index (Phi) is 1.84. The molecule has 3 nitrogen and oxygen atoms in total. The monoisotopic (exact) mass is 264 g/mol. The molecule has 0 radical (unpaired) electrons. The zero-order valence-electron chi connectivity index (χ0n) is 4.31. The van der Waals surface area contributed by atoms with E-state index in [1.165, 1.54) is 22.6 Å². The quantitative estimate of drug-likeness (QED) is 0.669. The molecule has 0 spiro atoms. The second kappa shape index (κ2) is 2.36. The first-order valence-corrected chi connectivity index (χ1v) is 3.14. The summed E-state index contributed by atoms with van der Waals surface area (Å²) in [5.74, 6) is -1.31. The third-order valence-electron chi connectivity index (χ3n) is 0.643. The zero-order chi connectivity index (χ0) is 7.78. The highest BCUT2D eigenvalue weighted by Gasteiger charge is 2.37. The minimum Gasteiger partial charge on any atom is -0.408 e. The van der Waals surface area contributed by atoms with Crippen molar-refractivity contribution in [3.63, 3.8) is 0 Å². The van der Waals surface area contributed by atoms with Crippen molar-refractivity contribution in [2.24, 2.45) is 0 Å². The van der Waals surface area contributed by atoms with Gasteiger partial charge >= 0.3 is 12.1 Å². The Morgan fingerprint density at radius 3 is 2.10 bits per heavy atom. The molecular weight excluding hydrogens is 264 g/mol. The Hall–Kier alpha value is -0.340. The van der Waals surface area contributed by atoms with Crippen molar-refractivity contribution in [2.45, 2.75) is 6.18 Å². The Labute approximate surface area is 66.8 Å². The van der Waals surface area contributed by atoms with Crippen molar-refractivity contribution in [2.75, 3.05) is 0 Å². The summed E-state index contributed by atoms with van der Waals surface area (Å²) >= 11 is 1.50. The fourth-order valence-corrected chi connectivity index (χ4v) is 0.636. The van der Waals surface area contributed by atoms with Gasteiger partial charge in [0.1, 0.15) is 0 Å². The van der Waals surface area contributed by atoms with Crippen molar-refractivity contribution < 1.29 is 17.6 Å². The number of aromatic nitrogens is 2.